The highest BCUT2D eigenvalue weighted by Crippen LogP contribution is 2.25. The van der Waals surface area contributed by atoms with E-state index in [1.165, 1.54) is 0 Å². The molecular weight excluding hydrogens is 234 g/mol. The lowest BCUT2D eigenvalue weighted by atomic mass is 10.0. The van der Waals surface area contributed by atoms with Crippen molar-refractivity contribution in [2.45, 2.75) is 40.5 Å². The van der Waals surface area contributed by atoms with Gasteiger partial charge in [-0.15, -0.1) is 0 Å². The first-order chi connectivity index (χ1) is 7.95. The Morgan fingerprint density at radius 3 is 2.35 bits per heavy atom. The smallest absolute Gasteiger partial charge is 0.227 e. The van der Waals surface area contributed by atoms with Crippen LogP contribution in [0.4, 0.5) is 5.69 Å². The number of nitrogens with one attached hydrogen (secondary N) is 1. The summed E-state index contributed by atoms with van der Waals surface area (Å²) < 4.78 is 0. The molecule has 0 saturated carbocycles. The van der Waals surface area contributed by atoms with E-state index >= 15 is 0 Å². The van der Waals surface area contributed by atoms with Gasteiger partial charge in [0.15, 0.2) is 0 Å². The number of carbonyl (C=O) groups excluding carboxylic acids is 1. The average Bonchev–Trinajstić information content (AvgIpc) is 2.23. The first-order valence-electron chi connectivity index (χ1n) is 6.03. The largest absolute Gasteiger partial charge is 0.325 e. The second-order valence-electron chi connectivity index (χ2n) is 4.59. The zero-order chi connectivity index (χ0) is 13.0. The molecule has 0 aliphatic heterocycles. The third-order valence-corrected chi connectivity index (χ3v) is 3.13. The van der Waals surface area contributed by atoms with Gasteiger partial charge in [-0.25, -0.2) is 0 Å². The van der Waals surface area contributed by atoms with Gasteiger partial charge >= 0.3 is 0 Å². The first-order valence-corrected chi connectivity index (χ1v) is 6.41. The van der Waals surface area contributed by atoms with Gasteiger partial charge in [-0.2, -0.15) is 0 Å². The number of hydrogen-bond donors (Lipinski definition) is 1. The Kier molecular flexibility index (Phi) is 5.01. The van der Waals surface area contributed by atoms with Gasteiger partial charge in [-0.3, -0.25) is 4.79 Å². The summed E-state index contributed by atoms with van der Waals surface area (Å²) in [7, 11) is 0. The summed E-state index contributed by atoms with van der Waals surface area (Å²) in [6.07, 6.45) is 1.94. The summed E-state index contributed by atoms with van der Waals surface area (Å²) >= 11 is 5.96. The van der Waals surface area contributed by atoms with Crippen molar-refractivity contribution in [3.63, 3.8) is 0 Å². The number of amides is 1. The third-order valence-electron chi connectivity index (χ3n) is 2.91. The summed E-state index contributed by atoms with van der Waals surface area (Å²) in [6, 6.07) is 3.74. The van der Waals surface area contributed by atoms with Crippen molar-refractivity contribution in [2.75, 3.05) is 5.32 Å². The van der Waals surface area contributed by atoms with Crippen LogP contribution in [0.3, 0.4) is 0 Å². The van der Waals surface area contributed by atoms with Crippen LogP contribution in [0.5, 0.6) is 0 Å². The van der Waals surface area contributed by atoms with E-state index in [0.717, 1.165) is 29.7 Å². The van der Waals surface area contributed by atoms with Crippen molar-refractivity contribution in [3.8, 4) is 0 Å². The van der Waals surface area contributed by atoms with Gasteiger partial charge in [-0.05, 0) is 43.5 Å². The molecule has 0 bridgehead atoms. The fourth-order valence-electron chi connectivity index (χ4n) is 1.92. The van der Waals surface area contributed by atoms with E-state index in [4.69, 9.17) is 11.6 Å². The van der Waals surface area contributed by atoms with Crippen LogP contribution >= 0.6 is 11.6 Å². The zero-order valence-electron chi connectivity index (χ0n) is 10.9. The van der Waals surface area contributed by atoms with Crippen molar-refractivity contribution in [1.29, 1.82) is 0 Å². The van der Waals surface area contributed by atoms with E-state index in [1.807, 2.05) is 32.9 Å². The summed E-state index contributed by atoms with van der Waals surface area (Å²) in [6.45, 7) is 7.96. The highest BCUT2D eigenvalue weighted by atomic mass is 35.5. The average molecular weight is 254 g/mol. The molecule has 3 heteroatoms. The van der Waals surface area contributed by atoms with Crippen molar-refractivity contribution >= 4 is 23.2 Å². The van der Waals surface area contributed by atoms with Gasteiger partial charge in [0.05, 0.1) is 0 Å². The van der Waals surface area contributed by atoms with Crippen LogP contribution in [0, 0.1) is 19.8 Å². The van der Waals surface area contributed by atoms with Crippen molar-refractivity contribution < 1.29 is 4.79 Å². The molecule has 0 saturated heterocycles. The van der Waals surface area contributed by atoms with Crippen LogP contribution in [0.25, 0.3) is 0 Å². The number of benzene rings is 1. The molecule has 1 aromatic carbocycles. The Labute approximate surface area is 108 Å². The maximum absolute atomic E-state index is 11.9. The predicted octanol–water partition coefficient (Wildman–Crippen LogP) is 4.33. The topological polar surface area (TPSA) is 29.1 Å². The normalized spacial score (nSPS) is 12.3. The lowest BCUT2D eigenvalue weighted by Crippen LogP contribution is -2.21. The SMILES string of the molecule is CCCC(C)C(=O)Nc1c(C)cc(Cl)cc1C. The van der Waals surface area contributed by atoms with Crippen LogP contribution in [0.2, 0.25) is 5.02 Å². The molecule has 0 aromatic heterocycles. The van der Waals surface area contributed by atoms with E-state index in [2.05, 4.69) is 12.2 Å². The Bertz CT molecular complexity index is 392. The molecule has 0 radical (unpaired) electrons. The number of rotatable bonds is 4. The highest BCUT2D eigenvalue weighted by molar-refractivity contribution is 6.30. The van der Waals surface area contributed by atoms with Gasteiger partial charge in [0.1, 0.15) is 0 Å². The molecule has 94 valence electrons. The molecule has 1 atom stereocenters. The van der Waals surface area contributed by atoms with Crippen molar-refractivity contribution in [3.05, 3.63) is 28.3 Å². The lowest BCUT2D eigenvalue weighted by Gasteiger charge is -2.15. The molecule has 0 fully saturated rings. The van der Waals surface area contributed by atoms with Crippen molar-refractivity contribution in [2.24, 2.45) is 5.92 Å². The maximum Gasteiger partial charge on any atom is 0.227 e. The van der Waals surface area contributed by atoms with E-state index in [-0.39, 0.29) is 11.8 Å². The second kappa shape index (κ2) is 6.06. The van der Waals surface area contributed by atoms with Crippen LogP contribution < -0.4 is 5.32 Å². The van der Waals surface area contributed by atoms with Gasteiger partial charge < -0.3 is 5.32 Å². The molecular formula is C14H20ClNO. The van der Waals surface area contributed by atoms with E-state index in [9.17, 15) is 4.79 Å². The van der Waals surface area contributed by atoms with E-state index in [0.29, 0.717) is 5.02 Å². The van der Waals surface area contributed by atoms with Gasteiger partial charge in [-0.1, -0.05) is 31.9 Å². The third kappa shape index (κ3) is 3.74. The summed E-state index contributed by atoms with van der Waals surface area (Å²) in [5.41, 5.74) is 2.90. The Morgan fingerprint density at radius 1 is 1.35 bits per heavy atom. The molecule has 1 aromatic rings. The van der Waals surface area contributed by atoms with E-state index in [1.54, 1.807) is 0 Å². The minimum absolute atomic E-state index is 0.0504. The number of hydrogen-bond acceptors (Lipinski definition) is 1. The quantitative estimate of drug-likeness (QED) is 0.850. The molecule has 2 nitrogen and oxygen atoms in total. The molecule has 1 amide bonds. The Morgan fingerprint density at radius 2 is 1.88 bits per heavy atom. The van der Waals surface area contributed by atoms with Crippen LogP contribution in [0.15, 0.2) is 12.1 Å². The summed E-state index contributed by atoms with van der Waals surface area (Å²) in [5.74, 6) is 0.134. The Balaban J connectivity index is 2.85. The maximum atomic E-state index is 11.9. The fraction of sp³-hybridized carbons (Fsp3) is 0.500. The zero-order valence-corrected chi connectivity index (χ0v) is 11.7. The molecule has 1 N–H and O–H groups in total. The number of carbonyl (C=O) groups is 1. The van der Waals surface area contributed by atoms with Gasteiger partial charge in [0.2, 0.25) is 5.91 Å². The lowest BCUT2D eigenvalue weighted by molar-refractivity contribution is -0.119. The molecule has 0 heterocycles. The first kappa shape index (κ1) is 14.0. The Hall–Kier alpha value is -1.02. The minimum Gasteiger partial charge on any atom is -0.325 e. The van der Waals surface area contributed by atoms with Crippen LogP contribution in [-0.4, -0.2) is 5.91 Å². The van der Waals surface area contributed by atoms with Gasteiger partial charge in [0.25, 0.3) is 0 Å². The number of aryl methyl sites for hydroxylation is 2. The number of anilines is 1. The van der Waals surface area contributed by atoms with E-state index < -0.39 is 0 Å². The summed E-state index contributed by atoms with van der Waals surface area (Å²) in [5, 5.41) is 3.70. The molecule has 17 heavy (non-hydrogen) atoms. The number of halogens is 1. The van der Waals surface area contributed by atoms with Crippen molar-refractivity contribution in [1.82, 2.24) is 0 Å². The molecule has 0 aliphatic carbocycles. The summed E-state index contributed by atoms with van der Waals surface area (Å²) in [4.78, 5) is 11.9. The van der Waals surface area contributed by atoms with Crippen LogP contribution in [0.1, 0.15) is 37.8 Å². The molecule has 1 unspecified atom stereocenters. The monoisotopic (exact) mass is 253 g/mol. The molecule has 0 spiro atoms. The molecule has 1 rings (SSSR count). The standard InChI is InChI=1S/C14H20ClNO/c1-5-6-9(2)14(17)16-13-10(3)7-12(15)8-11(13)4/h7-9H,5-6H2,1-4H3,(H,16,17). The molecule has 0 aliphatic rings. The predicted molar refractivity (Wildman–Crippen MR) is 73.6 cm³/mol. The highest BCUT2D eigenvalue weighted by Gasteiger charge is 2.14. The fourth-order valence-corrected chi connectivity index (χ4v) is 2.25. The van der Waals surface area contributed by atoms with Gasteiger partial charge in [0, 0.05) is 16.6 Å². The van der Waals surface area contributed by atoms with Crippen LogP contribution in [-0.2, 0) is 4.79 Å². The second-order valence-corrected chi connectivity index (χ2v) is 5.03. The minimum atomic E-state index is 0.0504.